The number of carbonyl (C=O) groups excluding carboxylic acids is 2. The summed E-state index contributed by atoms with van der Waals surface area (Å²) >= 11 is 0. The molecule has 2 amide bonds. The Kier molecular flexibility index (Phi) is 19.8. The van der Waals surface area contributed by atoms with Crippen LogP contribution in [0, 0.1) is 0 Å². The second-order valence-corrected chi connectivity index (χ2v) is 15.3. The van der Waals surface area contributed by atoms with Gasteiger partial charge >= 0.3 is 29.8 Å². The molecular weight excluding hydrogens is 572 g/mol. The number of carbonyl (C=O) groups is 2. The van der Waals surface area contributed by atoms with E-state index >= 15 is 0 Å². The van der Waals surface area contributed by atoms with Gasteiger partial charge in [-0.3, -0.25) is 0 Å². The maximum Gasteiger partial charge on any atom is 0.500 e. The third-order valence-corrected chi connectivity index (χ3v) is 12.3. The fourth-order valence-electron chi connectivity index (χ4n) is 4.03. The molecule has 1 heterocycles. The van der Waals surface area contributed by atoms with E-state index < -0.39 is 29.8 Å². The minimum atomic E-state index is -2.61. The molecule has 238 valence electrons. The van der Waals surface area contributed by atoms with Crippen molar-refractivity contribution >= 4 is 29.8 Å². The lowest BCUT2D eigenvalue weighted by atomic mass is 10.1. The first-order valence-electron chi connectivity index (χ1n) is 13.9. The molecule has 2 atom stereocenters. The number of rotatable bonds is 24. The summed E-state index contributed by atoms with van der Waals surface area (Å²) in [5, 5.41) is 5.41. The van der Waals surface area contributed by atoms with Crippen LogP contribution in [-0.2, 0) is 40.8 Å². The van der Waals surface area contributed by atoms with Gasteiger partial charge in [0.15, 0.2) is 0 Å². The van der Waals surface area contributed by atoms with Crippen LogP contribution in [0.15, 0.2) is 24.3 Å². The molecule has 0 saturated carbocycles. The normalized spacial score (nSPS) is 17.2. The molecule has 1 aliphatic heterocycles. The Labute approximate surface area is 246 Å². The Balaban J connectivity index is 1.99. The molecule has 1 aliphatic rings. The molecule has 0 spiro atoms. The van der Waals surface area contributed by atoms with Gasteiger partial charge in [0.2, 0.25) is 0 Å². The van der Waals surface area contributed by atoms with Crippen LogP contribution in [0.3, 0.4) is 0 Å². The second kappa shape index (κ2) is 21.8. The van der Waals surface area contributed by atoms with E-state index in [-0.39, 0.29) is 25.4 Å². The lowest BCUT2D eigenvalue weighted by molar-refractivity contribution is 0.122. The first kappa shape index (κ1) is 37.2. The fraction of sp³-hybridized carbons (Fsp3) is 0.769. The molecule has 2 unspecified atom stereocenters. The molecular formula is C26H50N2O11Si2. The maximum atomic E-state index is 11.8. The van der Waals surface area contributed by atoms with Crippen LogP contribution in [0.2, 0.25) is 12.1 Å². The lowest BCUT2D eigenvalue weighted by Gasteiger charge is -2.24. The minimum absolute atomic E-state index is 0.219. The Morgan fingerprint density at radius 1 is 0.634 bits per heavy atom. The zero-order valence-electron chi connectivity index (χ0n) is 25.4. The van der Waals surface area contributed by atoms with Gasteiger partial charge in [0.05, 0.1) is 12.2 Å². The van der Waals surface area contributed by atoms with Gasteiger partial charge in [0.25, 0.3) is 0 Å². The monoisotopic (exact) mass is 622 g/mol. The number of ether oxygens (including phenoxy) is 3. The van der Waals surface area contributed by atoms with E-state index in [0.29, 0.717) is 38.0 Å². The highest BCUT2D eigenvalue weighted by molar-refractivity contribution is 6.60. The summed E-state index contributed by atoms with van der Waals surface area (Å²) in [5.41, 5.74) is 0. The number of nitrogens with one attached hydrogen (secondary N) is 2. The second-order valence-electron chi connectivity index (χ2n) is 9.16. The van der Waals surface area contributed by atoms with Crippen LogP contribution in [-0.4, -0.2) is 111 Å². The molecule has 0 bridgehead atoms. The van der Waals surface area contributed by atoms with Crippen molar-refractivity contribution in [2.45, 2.75) is 62.8 Å². The van der Waals surface area contributed by atoms with E-state index in [2.05, 4.69) is 10.6 Å². The van der Waals surface area contributed by atoms with E-state index in [4.69, 9.17) is 40.8 Å². The van der Waals surface area contributed by atoms with Crippen molar-refractivity contribution in [2.75, 3.05) is 69.0 Å². The van der Waals surface area contributed by atoms with Crippen molar-refractivity contribution in [3.8, 4) is 0 Å². The van der Waals surface area contributed by atoms with Crippen molar-refractivity contribution in [3.05, 3.63) is 24.3 Å². The van der Waals surface area contributed by atoms with Gasteiger partial charge in [-0.05, 0) is 38.5 Å². The standard InChI is InChI=1S/C26H50N2O11Si2/c1-31-40(32-2,33-3)21-13-17-27-25(29)37-19-11-7-9-15-23-24(39-23)16-10-8-12-20-38-26(30)28-18-14-22-41(34-4,35-5)36-6/h7-8,11-12,23-24H,9-10,13-22H2,1-6H3,(H,27,29)(H,28,30)/b11-7+,12-8?. The molecule has 1 fully saturated rings. The average Bonchev–Trinajstić information content (AvgIpc) is 3.75. The largest absolute Gasteiger partial charge is 0.500 e. The topological polar surface area (TPSA) is 145 Å². The van der Waals surface area contributed by atoms with Crippen LogP contribution in [0.1, 0.15) is 38.5 Å². The Bertz CT molecular complexity index is 702. The first-order chi connectivity index (χ1) is 19.8. The highest BCUT2D eigenvalue weighted by atomic mass is 28.4. The van der Waals surface area contributed by atoms with E-state index in [9.17, 15) is 9.59 Å². The predicted octanol–water partition coefficient (Wildman–Crippen LogP) is 3.42. The summed E-state index contributed by atoms with van der Waals surface area (Å²) in [6, 6.07) is 1.21. The fourth-order valence-corrected chi connectivity index (χ4v) is 7.48. The summed E-state index contributed by atoms with van der Waals surface area (Å²) in [6.45, 7) is 1.34. The van der Waals surface area contributed by atoms with E-state index in [0.717, 1.165) is 25.7 Å². The number of amides is 2. The zero-order valence-corrected chi connectivity index (χ0v) is 27.4. The molecule has 13 nitrogen and oxygen atoms in total. The van der Waals surface area contributed by atoms with E-state index in [1.807, 2.05) is 24.3 Å². The molecule has 41 heavy (non-hydrogen) atoms. The third kappa shape index (κ3) is 15.8. The van der Waals surface area contributed by atoms with Crippen molar-refractivity contribution in [2.24, 2.45) is 0 Å². The highest BCUT2D eigenvalue weighted by Crippen LogP contribution is 2.30. The van der Waals surface area contributed by atoms with Crippen LogP contribution in [0.4, 0.5) is 9.59 Å². The molecule has 1 rings (SSSR count). The van der Waals surface area contributed by atoms with Crippen molar-refractivity contribution in [1.29, 1.82) is 0 Å². The molecule has 15 heteroatoms. The molecule has 0 radical (unpaired) electrons. The Morgan fingerprint density at radius 2 is 1.00 bits per heavy atom. The molecule has 2 N–H and O–H groups in total. The summed E-state index contributed by atoms with van der Waals surface area (Å²) < 4.78 is 48.1. The van der Waals surface area contributed by atoms with Gasteiger partial charge in [-0.1, -0.05) is 24.3 Å². The Hall–Kier alpha value is -1.83. The lowest BCUT2D eigenvalue weighted by Crippen LogP contribution is -2.43. The van der Waals surface area contributed by atoms with Crippen molar-refractivity contribution in [3.63, 3.8) is 0 Å². The molecule has 0 aromatic carbocycles. The quantitative estimate of drug-likeness (QED) is 0.0707. The van der Waals surface area contributed by atoms with Crippen LogP contribution in [0.25, 0.3) is 0 Å². The SMILES string of the molecule is CO[Si](CCCNC(=O)OCC=CCCC1OC1CC/C=C/COC(=O)NCCC[Si](OC)(OC)OC)(OC)OC. The molecule has 0 aliphatic carbocycles. The van der Waals surface area contributed by atoms with Gasteiger partial charge in [-0.15, -0.1) is 0 Å². The van der Waals surface area contributed by atoms with E-state index in [1.165, 1.54) is 0 Å². The number of hydrogen-bond donors (Lipinski definition) is 2. The summed E-state index contributed by atoms with van der Waals surface area (Å²) in [5.74, 6) is 0. The molecule has 0 aromatic rings. The van der Waals surface area contributed by atoms with Gasteiger partial charge in [-0.2, -0.15) is 0 Å². The van der Waals surface area contributed by atoms with Crippen LogP contribution < -0.4 is 10.6 Å². The van der Waals surface area contributed by atoms with Crippen molar-refractivity contribution in [1.82, 2.24) is 10.6 Å². The first-order valence-corrected chi connectivity index (χ1v) is 17.8. The minimum Gasteiger partial charge on any atom is -0.445 e. The number of alkyl carbamates (subject to hydrolysis) is 2. The maximum absolute atomic E-state index is 11.8. The zero-order chi connectivity index (χ0) is 30.4. The van der Waals surface area contributed by atoms with Gasteiger partial charge in [-0.25, -0.2) is 9.59 Å². The number of epoxide rings is 1. The summed E-state index contributed by atoms with van der Waals surface area (Å²) in [6.07, 6.45) is 12.2. The van der Waals surface area contributed by atoms with Gasteiger partial charge < -0.3 is 51.4 Å². The smallest absolute Gasteiger partial charge is 0.445 e. The predicted molar refractivity (Wildman–Crippen MR) is 157 cm³/mol. The Morgan fingerprint density at radius 3 is 1.34 bits per heavy atom. The molecule has 1 saturated heterocycles. The number of allylic oxidation sites excluding steroid dienone is 2. The third-order valence-electron chi connectivity index (χ3n) is 6.60. The summed E-state index contributed by atoms with van der Waals surface area (Å²) in [4.78, 5) is 23.5. The van der Waals surface area contributed by atoms with Gasteiger partial charge in [0, 0.05) is 67.8 Å². The summed E-state index contributed by atoms with van der Waals surface area (Å²) in [7, 11) is 4.16. The molecule has 0 aromatic heterocycles. The average molecular weight is 623 g/mol. The van der Waals surface area contributed by atoms with Crippen LogP contribution in [0.5, 0.6) is 0 Å². The highest BCUT2D eigenvalue weighted by Gasteiger charge is 2.38. The van der Waals surface area contributed by atoms with E-state index in [1.54, 1.807) is 42.7 Å². The van der Waals surface area contributed by atoms with Crippen molar-refractivity contribution < 1.29 is 50.4 Å². The number of hydrogen-bond acceptors (Lipinski definition) is 11. The van der Waals surface area contributed by atoms with Gasteiger partial charge in [0.1, 0.15) is 13.2 Å². The van der Waals surface area contributed by atoms with Crippen LogP contribution >= 0.6 is 0 Å².